The average Bonchev–Trinajstić information content (AvgIpc) is 2.98. The lowest BCUT2D eigenvalue weighted by Gasteiger charge is -2.27. The third-order valence-electron chi connectivity index (χ3n) is 5.15. The molecule has 1 amide bonds. The average molecular weight is 385 g/mol. The van der Waals surface area contributed by atoms with E-state index in [-0.39, 0.29) is 11.1 Å². The van der Waals surface area contributed by atoms with Gasteiger partial charge in [0.25, 0.3) is 5.91 Å². The van der Waals surface area contributed by atoms with Crippen molar-refractivity contribution >= 4 is 17.7 Å². The highest BCUT2D eigenvalue weighted by molar-refractivity contribution is 5.98. The Morgan fingerprint density at radius 1 is 1.07 bits per heavy atom. The number of halogens is 1. The summed E-state index contributed by atoms with van der Waals surface area (Å²) in [5.41, 5.74) is -1.13. The second kappa shape index (κ2) is 8.37. The maximum absolute atomic E-state index is 13.2. The minimum atomic E-state index is -1.69. The highest BCUT2D eigenvalue weighted by Gasteiger charge is 2.37. The van der Waals surface area contributed by atoms with Crippen LogP contribution in [0, 0.1) is 5.82 Å². The normalized spacial score (nSPS) is 16.7. The smallest absolute Gasteiger partial charge is 0.333 e. The predicted molar refractivity (Wildman–Crippen MR) is 104 cm³/mol. The van der Waals surface area contributed by atoms with Gasteiger partial charge in [0.1, 0.15) is 11.6 Å². The molecule has 1 aromatic heterocycles. The van der Waals surface area contributed by atoms with Crippen LogP contribution in [-0.4, -0.2) is 35.1 Å². The molecule has 1 aliphatic rings. The van der Waals surface area contributed by atoms with Crippen molar-refractivity contribution in [2.75, 3.05) is 18.0 Å². The molecule has 2 heterocycles. The van der Waals surface area contributed by atoms with Crippen LogP contribution in [0.1, 0.15) is 48.5 Å². The van der Waals surface area contributed by atoms with Crippen molar-refractivity contribution in [3.63, 3.8) is 0 Å². The molecule has 1 aliphatic heterocycles. The number of benzene rings is 1. The van der Waals surface area contributed by atoms with Crippen molar-refractivity contribution < 1.29 is 19.1 Å². The van der Waals surface area contributed by atoms with E-state index in [0.717, 1.165) is 31.7 Å². The summed E-state index contributed by atoms with van der Waals surface area (Å²) in [6, 6.07) is 8.47. The maximum atomic E-state index is 13.2. The number of pyridine rings is 1. The van der Waals surface area contributed by atoms with Gasteiger partial charge in [0.15, 0.2) is 5.54 Å². The molecule has 1 unspecified atom stereocenters. The van der Waals surface area contributed by atoms with Crippen LogP contribution >= 0.6 is 0 Å². The molecule has 2 N–H and O–H groups in total. The molecule has 6 nitrogen and oxygen atoms in total. The minimum Gasteiger partial charge on any atom is -0.479 e. The Kier molecular flexibility index (Phi) is 5.92. The number of rotatable bonds is 5. The number of carbonyl (C=O) groups is 2. The molecule has 0 aliphatic carbocycles. The largest absolute Gasteiger partial charge is 0.479 e. The molecule has 28 heavy (non-hydrogen) atoms. The second-order valence-corrected chi connectivity index (χ2v) is 7.20. The van der Waals surface area contributed by atoms with E-state index in [9.17, 15) is 19.1 Å². The third kappa shape index (κ3) is 4.30. The summed E-state index contributed by atoms with van der Waals surface area (Å²) in [6.45, 7) is 3.26. The van der Waals surface area contributed by atoms with E-state index < -0.39 is 23.2 Å². The summed E-state index contributed by atoms with van der Waals surface area (Å²) in [5, 5.41) is 12.2. The van der Waals surface area contributed by atoms with Crippen molar-refractivity contribution in [1.29, 1.82) is 0 Å². The first-order chi connectivity index (χ1) is 13.4. The van der Waals surface area contributed by atoms with Gasteiger partial charge in [-0.05, 0) is 49.6 Å². The van der Waals surface area contributed by atoms with E-state index in [1.54, 1.807) is 12.1 Å². The lowest BCUT2D eigenvalue weighted by Crippen LogP contribution is -2.49. The summed E-state index contributed by atoms with van der Waals surface area (Å²) in [5.74, 6) is -1.44. The van der Waals surface area contributed by atoms with Crippen LogP contribution in [0.3, 0.4) is 0 Å². The molecule has 1 atom stereocenters. The second-order valence-electron chi connectivity index (χ2n) is 7.20. The Morgan fingerprint density at radius 2 is 1.71 bits per heavy atom. The Labute approximate surface area is 163 Å². The van der Waals surface area contributed by atoms with Gasteiger partial charge in [-0.2, -0.15) is 0 Å². The summed E-state index contributed by atoms with van der Waals surface area (Å²) >= 11 is 0. The number of amides is 1. The van der Waals surface area contributed by atoms with Gasteiger partial charge in [-0.1, -0.05) is 25.0 Å². The van der Waals surface area contributed by atoms with Crippen LogP contribution in [-0.2, 0) is 10.3 Å². The molecule has 0 radical (unpaired) electrons. The van der Waals surface area contributed by atoms with E-state index >= 15 is 0 Å². The zero-order valence-corrected chi connectivity index (χ0v) is 15.8. The van der Waals surface area contributed by atoms with Crippen molar-refractivity contribution in [1.82, 2.24) is 10.3 Å². The Morgan fingerprint density at radius 3 is 2.25 bits per heavy atom. The number of aliphatic carboxylic acids is 1. The summed E-state index contributed by atoms with van der Waals surface area (Å²) in [4.78, 5) is 31.1. The van der Waals surface area contributed by atoms with Gasteiger partial charge in [0.2, 0.25) is 0 Å². The van der Waals surface area contributed by atoms with E-state index in [1.165, 1.54) is 50.2 Å². The van der Waals surface area contributed by atoms with Gasteiger partial charge in [0, 0.05) is 19.3 Å². The van der Waals surface area contributed by atoms with Crippen LogP contribution in [0.25, 0.3) is 0 Å². The van der Waals surface area contributed by atoms with Gasteiger partial charge < -0.3 is 15.3 Å². The fourth-order valence-corrected chi connectivity index (χ4v) is 3.34. The van der Waals surface area contributed by atoms with E-state index in [0.29, 0.717) is 0 Å². The number of aromatic nitrogens is 1. The van der Waals surface area contributed by atoms with Crippen molar-refractivity contribution in [3.8, 4) is 0 Å². The monoisotopic (exact) mass is 385 g/mol. The number of nitrogens with zero attached hydrogens (tertiary/aromatic N) is 2. The fraction of sp³-hybridized carbons (Fsp3) is 0.381. The highest BCUT2D eigenvalue weighted by Crippen LogP contribution is 2.23. The maximum Gasteiger partial charge on any atom is 0.333 e. The Bertz CT molecular complexity index is 831. The quantitative estimate of drug-likeness (QED) is 0.825. The standard InChI is InChI=1S/C21H24FN3O3/c1-21(20(27)28,16-7-9-17(22)10-8-16)24-19(26)15-6-11-18(23-14-15)25-12-4-2-3-5-13-25/h6-11,14H,2-5,12-13H2,1H3,(H,24,26)(H,27,28). The predicted octanol–water partition coefficient (Wildman–Crippen LogP) is 3.33. The lowest BCUT2D eigenvalue weighted by atomic mass is 9.91. The summed E-state index contributed by atoms with van der Waals surface area (Å²) in [7, 11) is 0. The molecule has 1 fully saturated rings. The van der Waals surface area contributed by atoms with Gasteiger partial charge in [-0.15, -0.1) is 0 Å². The number of carbonyl (C=O) groups excluding carboxylic acids is 1. The first kappa shape index (κ1) is 19.8. The van der Waals surface area contributed by atoms with Crippen molar-refractivity contribution in [2.24, 2.45) is 0 Å². The Balaban J connectivity index is 1.76. The number of nitrogens with one attached hydrogen (secondary N) is 1. The van der Waals surface area contributed by atoms with Gasteiger partial charge in [0.05, 0.1) is 5.56 Å². The molecule has 148 valence electrons. The van der Waals surface area contributed by atoms with E-state index in [1.807, 2.05) is 0 Å². The summed E-state index contributed by atoms with van der Waals surface area (Å²) in [6.07, 6.45) is 6.14. The molecular weight excluding hydrogens is 361 g/mol. The van der Waals surface area contributed by atoms with Crippen LogP contribution in [0.5, 0.6) is 0 Å². The van der Waals surface area contributed by atoms with Gasteiger partial charge >= 0.3 is 5.97 Å². The molecule has 3 rings (SSSR count). The number of hydrogen-bond acceptors (Lipinski definition) is 4. The molecule has 1 aromatic carbocycles. The molecule has 0 bridgehead atoms. The number of anilines is 1. The molecule has 2 aromatic rings. The molecule has 1 saturated heterocycles. The zero-order chi connectivity index (χ0) is 20.1. The first-order valence-electron chi connectivity index (χ1n) is 9.43. The topological polar surface area (TPSA) is 82.5 Å². The van der Waals surface area contributed by atoms with Crippen molar-refractivity contribution in [3.05, 3.63) is 59.5 Å². The molecular formula is C21H24FN3O3. The van der Waals surface area contributed by atoms with Gasteiger partial charge in [-0.3, -0.25) is 4.79 Å². The number of carboxylic acids is 1. The SMILES string of the molecule is CC(NC(=O)c1ccc(N2CCCCCC2)nc1)(C(=O)O)c1ccc(F)cc1. The van der Waals surface area contributed by atoms with Crippen LogP contribution in [0.2, 0.25) is 0 Å². The van der Waals surface area contributed by atoms with E-state index in [2.05, 4.69) is 15.2 Å². The van der Waals surface area contributed by atoms with E-state index in [4.69, 9.17) is 0 Å². The minimum absolute atomic E-state index is 0.271. The number of carboxylic acid groups (broad SMARTS) is 1. The molecule has 7 heteroatoms. The van der Waals surface area contributed by atoms with Crippen LogP contribution in [0.4, 0.5) is 10.2 Å². The van der Waals surface area contributed by atoms with Crippen molar-refractivity contribution in [2.45, 2.75) is 38.1 Å². The Hall–Kier alpha value is -2.96. The van der Waals surface area contributed by atoms with Crippen LogP contribution in [0.15, 0.2) is 42.6 Å². The molecule has 0 saturated carbocycles. The fourth-order valence-electron chi connectivity index (χ4n) is 3.34. The summed E-state index contributed by atoms with van der Waals surface area (Å²) < 4.78 is 13.2. The lowest BCUT2D eigenvalue weighted by molar-refractivity contribution is -0.144. The van der Waals surface area contributed by atoms with Crippen LogP contribution < -0.4 is 10.2 Å². The van der Waals surface area contributed by atoms with Gasteiger partial charge in [-0.25, -0.2) is 14.2 Å². The first-order valence-corrected chi connectivity index (χ1v) is 9.43. The molecule has 0 spiro atoms. The zero-order valence-electron chi connectivity index (χ0n) is 15.8. The third-order valence-corrected chi connectivity index (χ3v) is 5.15. The number of hydrogen-bond donors (Lipinski definition) is 2. The highest BCUT2D eigenvalue weighted by atomic mass is 19.1.